The average Bonchev–Trinajstić information content (AvgIpc) is 2.54. The molecule has 3 nitrogen and oxygen atoms in total. The molecule has 2 aromatic rings. The minimum absolute atomic E-state index is 0.0395. The number of aromatic nitrogens is 1. The fourth-order valence-corrected chi connectivity index (χ4v) is 2.79. The van der Waals surface area contributed by atoms with Gasteiger partial charge in [-0.2, -0.15) is 0 Å². The molecule has 2 heterocycles. The van der Waals surface area contributed by atoms with E-state index in [-0.39, 0.29) is 6.04 Å². The van der Waals surface area contributed by atoms with Crippen molar-refractivity contribution in [1.82, 2.24) is 4.98 Å². The zero-order valence-corrected chi connectivity index (χ0v) is 11.9. The van der Waals surface area contributed by atoms with E-state index in [1.54, 1.807) is 0 Å². The van der Waals surface area contributed by atoms with Crippen molar-refractivity contribution in [3.8, 4) is 0 Å². The Hall–Kier alpha value is -1.87. The summed E-state index contributed by atoms with van der Waals surface area (Å²) in [6, 6.07) is 12.9. The fraction of sp³-hybridized carbons (Fsp3) is 0.353. The lowest BCUT2D eigenvalue weighted by atomic mass is 10.0. The van der Waals surface area contributed by atoms with Gasteiger partial charge in [-0.1, -0.05) is 25.1 Å². The lowest BCUT2D eigenvalue weighted by Gasteiger charge is -2.31. The van der Waals surface area contributed by atoms with Gasteiger partial charge in [-0.3, -0.25) is 4.98 Å². The highest BCUT2D eigenvalue weighted by molar-refractivity contribution is 5.67. The number of benzene rings is 1. The normalized spacial score (nSPS) is 15.8. The fourth-order valence-electron chi connectivity index (χ4n) is 2.79. The zero-order valence-electron chi connectivity index (χ0n) is 11.9. The molecule has 0 spiro atoms. The third-order valence-electron chi connectivity index (χ3n) is 4.01. The minimum Gasteiger partial charge on any atom is -0.340 e. The number of anilines is 2. The van der Waals surface area contributed by atoms with E-state index < -0.39 is 0 Å². The van der Waals surface area contributed by atoms with Crippen LogP contribution in [-0.2, 0) is 6.42 Å². The quantitative estimate of drug-likeness (QED) is 0.924. The summed E-state index contributed by atoms with van der Waals surface area (Å²) < 4.78 is 0. The summed E-state index contributed by atoms with van der Waals surface area (Å²) in [5, 5.41) is 0. The first-order chi connectivity index (χ1) is 9.79. The van der Waals surface area contributed by atoms with Crippen molar-refractivity contribution in [2.45, 2.75) is 32.2 Å². The molecule has 0 saturated carbocycles. The van der Waals surface area contributed by atoms with Gasteiger partial charge in [0, 0.05) is 18.3 Å². The molecule has 20 heavy (non-hydrogen) atoms. The first-order valence-electron chi connectivity index (χ1n) is 7.36. The molecular formula is C17H21N3. The molecule has 0 radical (unpaired) electrons. The van der Waals surface area contributed by atoms with Crippen LogP contribution in [0.2, 0.25) is 0 Å². The van der Waals surface area contributed by atoms with Crippen LogP contribution in [0.15, 0.2) is 42.6 Å². The molecule has 1 aliphatic rings. The highest BCUT2D eigenvalue weighted by Crippen LogP contribution is 2.33. The van der Waals surface area contributed by atoms with E-state index in [2.05, 4.69) is 53.2 Å². The van der Waals surface area contributed by atoms with Crippen molar-refractivity contribution in [1.29, 1.82) is 0 Å². The number of hydrogen-bond donors (Lipinski definition) is 1. The summed E-state index contributed by atoms with van der Waals surface area (Å²) in [5.74, 6) is 0. The van der Waals surface area contributed by atoms with E-state index in [1.165, 1.54) is 24.1 Å². The number of fused-ring (bicyclic) bond motifs is 1. The largest absolute Gasteiger partial charge is 0.340 e. The Morgan fingerprint density at radius 1 is 1.25 bits per heavy atom. The molecule has 104 valence electrons. The van der Waals surface area contributed by atoms with Crippen molar-refractivity contribution >= 4 is 11.4 Å². The van der Waals surface area contributed by atoms with Crippen LogP contribution in [0.4, 0.5) is 11.4 Å². The van der Waals surface area contributed by atoms with E-state index in [0.717, 1.165) is 24.3 Å². The number of aryl methyl sites for hydroxylation is 1. The Labute approximate surface area is 120 Å². The Morgan fingerprint density at radius 2 is 2.10 bits per heavy atom. The van der Waals surface area contributed by atoms with Gasteiger partial charge in [0.2, 0.25) is 0 Å². The first kappa shape index (κ1) is 13.1. The summed E-state index contributed by atoms with van der Waals surface area (Å²) in [6.45, 7) is 3.14. The molecule has 1 atom stereocenters. The second-order valence-corrected chi connectivity index (χ2v) is 5.34. The predicted molar refractivity (Wildman–Crippen MR) is 83.2 cm³/mol. The van der Waals surface area contributed by atoms with Crippen LogP contribution in [0, 0.1) is 0 Å². The third-order valence-corrected chi connectivity index (χ3v) is 4.01. The monoisotopic (exact) mass is 267 g/mol. The molecule has 0 saturated heterocycles. The molecule has 3 rings (SSSR count). The van der Waals surface area contributed by atoms with Crippen LogP contribution in [-0.4, -0.2) is 11.5 Å². The van der Waals surface area contributed by atoms with Gasteiger partial charge >= 0.3 is 0 Å². The van der Waals surface area contributed by atoms with Crippen LogP contribution < -0.4 is 10.6 Å². The zero-order chi connectivity index (χ0) is 13.9. The molecule has 0 unspecified atom stereocenters. The van der Waals surface area contributed by atoms with Gasteiger partial charge in [-0.25, -0.2) is 0 Å². The van der Waals surface area contributed by atoms with Crippen LogP contribution >= 0.6 is 0 Å². The maximum Gasteiger partial charge on any atom is 0.0597 e. The number of para-hydroxylation sites is 1. The van der Waals surface area contributed by atoms with E-state index >= 15 is 0 Å². The Morgan fingerprint density at radius 3 is 2.85 bits per heavy atom. The highest BCUT2D eigenvalue weighted by atomic mass is 15.1. The van der Waals surface area contributed by atoms with Crippen molar-refractivity contribution in [2.75, 3.05) is 11.4 Å². The van der Waals surface area contributed by atoms with Crippen LogP contribution in [0.3, 0.4) is 0 Å². The number of pyridine rings is 1. The predicted octanol–water partition coefficient (Wildman–Crippen LogP) is 3.58. The van der Waals surface area contributed by atoms with Crippen molar-refractivity contribution in [3.05, 3.63) is 53.9 Å². The highest BCUT2D eigenvalue weighted by Gasteiger charge is 2.18. The van der Waals surface area contributed by atoms with E-state index in [9.17, 15) is 0 Å². The molecule has 1 aromatic heterocycles. The van der Waals surface area contributed by atoms with E-state index in [0.29, 0.717) is 0 Å². The van der Waals surface area contributed by atoms with Gasteiger partial charge in [0.1, 0.15) is 0 Å². The number of hydrogen-bond acceptors (Lipinski definition) is 3. The van der Waals surface area contributed by atoms with Gasteiger partial charge in [-0.05, 0) is 43.0 Å². The van der Waals surface area contributed by atoms with Crippen LogP contribution in [0.5, 0.6) is 0 Å². The maximum absolute atomic E-state index is 6.02. The van der Waals surface area contributed by atoms with E-state index in [4.69, 9.17) is 5.73 Å². The second kappa shape index (κ2) is 5.63. The molecule has 0 fully saturated rings. The maximum atomic E-state index is 6.02. The van der Waals surface area contributed by atoms with E-state index in [1.807, 2.05) is 6.20 Å². The van der Waals surface area contributed by atoms with Gasteiger partial charge in [0.05, 0.1) is 17.6 Å². The molecule has 0 aliphatic carbocycles. The number of nitrogens with two attached hydrogens (primary N) is 1. The molecule has 1 aliphatic heterocycles. The summed E-state index contributed by atoms with van der Waals surface area (Å²) in [5.41, 5.74) is 10.9. The number of rotatable bonds is 3. The van der Waals surface area contributed by atoms with Crippen LogP contribution in [0.25, 0.3) is 0 Å². The van der Waals surface area contributed by atoms with Gasteiger partial charge in [0.25, 0.3) is 0 Å². The van der Waals surface area contributed by atoms with Crippen molar-refractivity contribution < 1.29 is 0 Å². The van der Waals surface area contributed by atoms with Crippen molar-refractivity contribution in [2.24, 2.45) is 5.73 Å². The molecule has 0 amide bonds. The smallest absolute Gasteiger partial charge is 0.0597 e. The Kier molecular flexibility index (Phi) is 3.70. The molecule has 2 N–H and O–H groups in total. The Balaban J connectivity index is 1.91. The Bertz CT molecular complexity index is 577. The molecule has 0 bridgehead atoms. The SMILES string of the molecule is CC[C@H](N)c1ccc(N2CCCc3ccccc32)cn1. The average molecular weight is 267 g/mol. The second-order valence-electron chi connectivity index (χ2n) is 5.34. The third kappa shape index (κ3) is 2.41. The summed E-state index contributed by atoms with van der Waals surface area (Å²) in [4.78, 5) is 6.89. The summed E-state index contributed by atoms with van der Waals surface area (Å²) >= 11 is 0. The number of nitrogens with zero attached hydrogens (tertiary/aromatic N) is 2. The van der Waals surface area contributed by atoms with Gasteiger partial charge in [-0.15, -0.1) is 0 Å². The standard InChI is InChI=1S/C17H21N3/c1-2-15(18)16-10-9-14(12-19-16)20-11-5-7-13-6-3-4-8-17(13)20/h3-4,6,8-10,12,15H,2,5,7,11,18H2,1H3/t15-/m0/s1. The topological polar surface area (TPSA) is 42.1 Å². The first-order valence-corrected chi connectivity index (χ1v) is 7.36. The van der Waals surface area contributed by atoms with Gasteiger partial charge < -0.3 is 10.6 Å². The van der Waals surface area contributed by atoms with Gasteiger partial charge in [0.15, 0.2) is 0 Å². The summed E-state index contributed by atoms with van der Waals surface area (Å²) in [6.07, 6.45) is 5.22. The summed E-state index contributed by atoms with van der Waals surface area (Å²) in [7, 11) is 0. The van der Waals surface area contributed by atoms with Crippen LogP contribution in [0.1, 0.15) is 37.1 Å². The molecule has 3 heteroatoms. The molecule has 1 aromatic carbocycles. The lowest BCUT2D eigenvalue weighted by molar-refractivity contribution is 0.675. The lowest BCUT2D eigenvalue weighted by Crippen LogP contribution is -2.24. The minimum atomic E-state index is 0.0395. The van der Waals surface area contributed by atoms with Crippen molar-refractivity contribution in [3.63, 3.8) is 0 Å². The molecular weight excluding hydrogens is 246 g/mol.